The van der Waals surface area contributed by atoms with E-state index in [1.165, 1.54) is 12.4 Å². The zero-order chi connectivity index (χ0) is 9.26. The van der Waals surface area contributed by atoms with E-state index in [1.54, 1.807) is 6.20 Å². The molecule has 0 unspecified atom stereocenters. The fourth-order valence-electron chi connectivity index (χ4n) is 1.31. The van der Waals surface area contributed by atoms with Crippen LogP contribution < -0.4 is 5.43 Å². The van der Waals surface area contributed by atoms with Gasteiger partial charge >= 0.3 is 0 Å². The summed E-state index contributed by atoms with van der Waals surface area (Å²) in [7, 11) is 0. The first-order chi connectivity index (χ1) is 6.33. The average Bonchev–Trinajstić information content (AvgIpc) is 2.18. The highest BCUT2D eigenvalue weighted by Crippen LogP contribution is 2.07. The highest BCUT2D eigenvalue weighted by Gasteiger charge is 2.03. The van der Waals surface area contributed by atoms with Crippen molar-refractivity contribution in [2.24, 2.45) is 0 Å². The van der Waals surface area contributed by atoms with Crippen molar-refractivity contribution in [3.63, 3.8) is 0 Å². The monoisotopic (exact) mass is 175 g/mol. The van der Waals surface area contributed by atoms with E-state index in [0.717, 1.165) is 17.6 Å². The van der Waals surface area contributed by atoms with Gasteiger partial charge in [-0.3, -0.25) is 4.79 Å². The fraction of sp³-hybridized carbons (Fsp3) is 0.222. The molecule has 2 aromatic heterocycles. The third-order valence-electron chi connectivity index (χ3n) is 1.96. The standard InChI is InChI=1S/C9H9N3O/c1-2-6-8-9(12-5-11-6)7(13)3-4-10-8/h3-5H,2H2,1H3,(H,10,13). The van der Waals surface area contributed by atoms with Crippen LogP contribution in [0.2, 0.25) is 0 Å². The first-order valence-electron chi connectivity index (χ1n) is 4.14. The molecule has 2 heterocycles. The molecule has 0 spiro atoms. The number of aromatic nitrogens is 3. The molecular weight excluding hydrogens is 166 g/mol. The zero-order valence-corrected chi connectivity index (χ0v) is 7.24. The van der Waals surface area contributed by atoms with Gasteiger partial charge in [-0.2, -0.15) is 0 Å². The highest BCUT2D eigenvalue weighted by molar-refractivity contribution is 5.75. The maximum Gasteiger partial charge on any atom is 0.207 e. The molecule has 66 valence electrons. The highest BCUT2D eigenvalue weighted by atomic mass is 16.1. The van der Waals surface area contributed by atoms with E-state index in [1.807, 2.05) is 6.92 Å². The van der Waals surface area contributed by atoms with Crippen LogP contribution in [0.1, 0.15) is 12.6 Å². The Labute approximate surface area is 74.7 Å². The van der Waals surface area contributed by atoms with Crippen molar-refractivity contribution >= 4 is 11.0 Å². The van der Waals surface area contributed by atoms with E-state index in [2.05, 4.69) is 15.0 Å². The average molecular weight is 175 g/mol. The summed E-state index contributed by atoms with van der Waals surface area (Å²) in [4.78, 5) is 22.3. The first-order valence-corrected chi connectivity index (χ1v) is 4.14. The second-order valence-electron chi connectivity index (χ2n) is 2.74. The van der Waals surface area contributed by atoms with Crippen LogP contribution in [0, 0.1) is 0 Å². The summed E-state index contributed by atoms with van der Waals surface area (Å²) in [5, 5.41) is 0. The summed E-state index contributed by atoms with van der Waals surface area (Å²) in [5.41, 5.74) is 2.03. The van der Waals surface area contributed by atoms with Crippen molar-refractivity contribution in [1.82, 2.24) is 15.0 Å². The lowest BCUT2D eigenvalue weighted by molar-refractivity contribution is 1.02. The van der Waals surface area contributed by atoms with Gasteiger partial charge < -0.3 is 4.98 Å². The van der Waals surface area contributed by atoms with Gasteiger partial charge in [0.1, 0.15) is 11.8 Å². The molecule has 0 aromatic carbocycles. The Morgan fingerprint density at radius 2 is 2.31 bits per heavy atom. The van der Waals surface area contributed by atoms with Gasteiger partial charge in [-0.05, 0) is 6.42 Å². The number of pyridine rings is 1. The lowest BCUT2D eigenvalue weighted by Crippen LogP contribution is -2.05. The molecule has 4 nitrogen and oxygen atoms in total. The van der Waals surface area contributed by atoms with Crippen LogP contribution in [0.3, 0.4) is 0 Å². The zero-order valence-electron chi connectivity index (χ0n) is 7.24. The summed E-state index contributed by atoms with van der Waals surface area (Å²) in [6.07, 6.45) is 3.84. The van der Waals surface area contributed by atoms with Crippen molar-refractivity contribution < 1.29 is 0 Å². The van der Waals surface area contributed by atoms with Crippen molar-refractivity contribution in [1.29, 1.82) is 0 Å². The molecule has 13 heavy (non-hydrogen) atoms. The smallest absolute Gasteiger partial charge is 0.207 e. The Morgan fingerprint density at radius 3 is 3.08 bits per heavy atom. The number of nitrogens with one attached hydrogen (secondary N) is 1. The van der Waals surface area contributed by atoms with E-state index in [0.29, 0.717) is 5.52 Å². The molecule has 4 heteroatoms. The van der Waals surface area contributed by atoms with Crippen molar-refractivity contribution in [2.45, 2.75) is 13.3 Å². The Kier molecular flexibility index (Phi) is 1.81. The number of H-pyrrole nitrogens is 1. The minimum absolute atomic E-state index is 0.0640. The number of hydrogen-bond donors (Lipinski definition) is 1. The SMILES string of the molecule is CCc1ncnc2c(=O)cc[nH]c12. The molecule has 0 amide bonds. The van der Waals surface area contributed by atoms with E-state index in [-0.39, 0.29) is 5.43 Å². The summed E-state index contributed by atoms with van der Waals surface area (Å²) in [6, 6.07) is 1.47. The van der Waals surface area contributed by atoms with Gasteiger partial charge in [-0.15, -0.1) is 0 Å². The number of aromatic amines is 1. The van der Waals surface area contributed by atoms with Gasteiger partial charge in [0.25, 0.3) is 0 Å². The molecule has 1 N–H and O–H groups in total. The third-order valence-corrected chi connectivity index (χ3v) is 1.96. The minimum Gasteiger partial charge on any atom is -0.358 e. The molecule has 0 atom stereocenters. The lowest BCUT2D eigenvalue weighted by Gasteiger charge is -1.99. The van der Waals surface area contributed by atoms with Crippen molar-refractivity contribution in [2.75, 3.05) is 0 Å². The largest absolute Gasteiger partial charge is 0.358 e. The van der Waals surface area contributed by atoms with Gasteiger partial charge in [-0.1, -0.05) is 6.92 Å². The second kappa shape index (κ2) is 2.97. The van der Waals surface area contributed by atoms with E-state index < -0.39 is 0 Å². The predicted molar refractivity (Wildman–Crippen MR) is 49.5 cm³/mol. The molecular formula is C9H9N3O. The van der Waals surface area contributed by atoms with Gasteiger partial charge in [0.2, 0.25) is 5.43 Å². The van der Waals surface area contributed by atoms with Gasteiger partial charge in [0.15, 0.2) is 0 Å². The fourth-order valence-corrected chi connectivity index (χ4v) is 1.31. The van der Waals surface area contributed by atoms with Crippen LogP contribution in [0.4, 0.5) is 0 Å². The topological polar surface area (TPSA) is 58.6 Å². The molecule has 0 radical (unpaired) electrons. The number of aryl methyl sites for hydroxylation is 1. The summed E-state index contributed by atoms with van der Waals surface area (Å²) in [5.74, 6) is 0. The molecule has 0 bridgehead atoms. The molecule has 0 aliphatic heterocycles. The maximum atomic E-state index is 11.3. The Morgan fingerprint density at radius 1 is 1.46 bits per heavy atom. The summed E-state index contributed by atoms with van der Waals surface area (Å²) < 4.78 is 0. The second-order valence-corrected chi connectivity index (χ2v) is 2.74. The van der Waals surface area contributed by atoms with Crippen LogP contribution in [0.15, 0.2) is 23.4 Å². The van der Waals surface area contributed by atoms with Gasteiger partial charge in [0.05, 0.1) is 11.2 Å². The molecule has 0 fully saturated rings. The third kappa shape index (κ3) is 1.20. The van der Waals surface area contributed by atoms with Crippen LogP contribution in [-0.4, -0.2) is 15.0 Å². The molecule has 0 aliphatic carbocycles. The van der Waals surface area contributed by atoms with Crippen LogP contribution in [0.5, 0.6) is 0 Å². The summed E-state index contributed by atoms with van der Waals surface area (Å²) in [6.45, 7) is 1.99. The molecule has 0 saturated heterocycles. The lowest BCUT2D eigenvalue weighted by atomic mass is 10.2. The number of hydrogen-bond acceptors (Lipinski definition) is 3. The number of fused-ring (bicyclic) bond motifs is 1. The van der Waals surface area contributed by atoms with Crippen molar-refractivity contribution in [3.8, 4) is 0 Å². The Bertz CT molecular complexity index is 489. The molecule has 0 aliphatic rings. The maximum absolute atomic E-state index is 11.3. The van der Waals surface area contributed by atoms with E-state index in [9.17, 15) is 4.79 Å². The van der Waals surface area contributed by atoms with E-state index >= 15 is 0 Å². The molecule has 2 aromatic rings. The Balaban J connectivity index is 2.92. The van der Waals surface area contributed by atoms with Crippen LogP contribution in [0.25, 0.3) is 11.0 Å². The molecule has 2 rings (SSSR count). The quantitative estimate of drug-likeness (QED) is 0.699. The Hall–Kier alpha value is -1.71. The molecule has 0 saturated carbocycles. The normalized spacial score (nSPS) is 10.5. The minimum atomic E-state index is -0.0640. The first kappa shape index (κ1) is 7.91. The van der Waals surface area contributed by atoms with E-state index in [4.69, 9.17) is 0 Å². The number of rotatable bonds is 1. The number of nitrogens with zero attached hydrogens (tertiary/aromatic N) is 2. The van der Waals surface area contributed by atoms with Crippen LogP contribution in [-0.2, 0) is 6.42 Å². The summed E-state index contributed by atoms with van der Waals surface area (Å²) >= 11 is 0. The van der Waals surface area contributed by atoms with Crippen molar-refractivity contribution in [3.05, 3.63) is 34.5 Å². The van der Waals surface area contributed by atoms with Gasteiger partial charge in [-0.25, -0.2) is 9.97 Å². The van der Waals surface area contributed by atoms with Crippen LogP contribution >= 0.6 is 0 Å². The van der Waals surface area contributed by atoms with Gasteiger partial charge in [0, 0.05) is 12.3 Å². The predicted octanol–water partition coefficient (Wildman–Crippen LogP) is 0.881.